The van der Waals surface area contributed by atoms with Gasteiger partial charge in [-0.1, -0.05) is 23.2 Å². The number of halogens is 2. The lowest BCUT2D eigenvalue weighted by molar-refractivity contribution is 0.0914. The maximum atomic E-state index is 12.4. The molecule has 3 amide bonds. The van der Waals surface area contributed by atoms with Crippen molar-refractivity contribution in [3.63, 3.8) is 0 Å². The van der Waals surface area contributed by atoms with Crippen LogP contribution in [0.15, 0.2) is 12.1 Å². The minimum absolute atomic E-state index is 0.0367. The molecule has 2 fully saturated rings. The monoisotopic (exact) mass is 386 g/mol. The number of carbonyl (C=O) groups excluding carboxylic acids is 2. The van der Waals surface area contributed by atoms with Gasteiger partial charge in [0.1, 0.15) is 5.75 Å². The number of nitrogens with one attached hydrogen (secondary N) is 3. The van der Waals surface area contributed by atoms with E-state index in [0.717, 1.165) is 13.1 Å². The number of urea groups is 1. The zero-order valence-electron chi connectivity index (χ0n) is 13.5. The maximum Gasteiger partial charge on any atom is 0.317 e. The van der Waals surface area contributed by atoms with Gasteiger partial charge in [0.25, 0.3) is 5.91 Å². The van der Waals surface area contributed by atoms with Crippen LogP contribution in [0.3, 0.4) is 0 Å². The van der Waals surface area contributed by atoms with Crippen molar-refractivity contribution in [1.29, 1.82) is 0 Å². The Labute approximate surface area is 155 Å². The highest BCUT2D eigenvalue weighted by molar-refractivity contribution is 6.36. The number of phenolic OH excluding ortho intramolecular Hbond substituents is 1. The lowest BCUT2D eigenvalue weighted by Gasteiger charge is -2.35. The summed E-state index contributed by atoms with van der Waals surface area (Å²) in [5, 5.41) is 19.2. The summed E-state index contributed by atoms with van der Waals surface area (Å²) in [5.74, 6) is -0.708. The fraction of sp³-hybridized carbons (Fsp3) is 0.500. The highest BCUT2D eigenvalue weighted by atomic mass is 35.5. The summed E-state index contributed by atoms with van der Waals surface area (Å²) in [5.41, 5.74) is 0.0511. The molecule has 0 aromatic heterocycles. The number of carbonyl (C=O) groups is 2. The van der Waals surface area contributed by atoms with Crippen molar-refractivity contribution >= 4 is 35.1 Å². The van der Waals surface area contributed by atoms with Crippen LogP contribution < -0.4 is 16.0 Å². The minimum atomic E-state index is -0.426. The van der Waals surface area contributed by atoms with Gasteiger partial charge in [0.15, 0.2) is 0 Å². The van der Waals surface area contributed by atoms with E-state index in [0.29, 0.717) is 25.9 Å². The molecule has 2 heterocycles. The van der Waals surface area contributed by atoms with Crippen molar-refractivity contribution in [3.05, 3.63) is 27.7 Å². The van der Waals surface area contributed by atoms with E-state index in [1.54, 1.807) is 4.90 Å². The predicted octanol–water partition coefficient (Wildman–Crippen LogP) is 1.57. The molecule has 9 heteroatoms. The fourth-order valence-electron chi connectivity index (χ4n) is 2.89. The highest BCUT2D eigenvalue weighted by Crippen LogP contribution is 2.31. The number of likely N-dealkylation sites (tertiary alicyclic amines) is 1. The van der Waals surface area contributed by atoms with Gasteiger partial charge in [0, 0.05) is 37.2 Å². The molecule has 136 valence electrons. The van der Waals surface area contributed by atoms with Crippen molar-refractivity contribution in [1.82, 2.24) is 20.9 Å². The number of amides is 3. The second-order valence-corrected chi connectivity index (χ2v) is 7.17. The normalized spacial score (nSPS) is 18.6. The average Bonchev–Trinajstić information content (AvgIpc) is 2.54. The summed E-state index contributed by atoms with van der Waals surface area (Å²) in [7, 11) is 0. The van der Waals surface area contributed by atoms with E-state index >= 15 is 0 Å². The number of aromatic hydroxyl groups is 1. The van der Waals surface area contributed by atoms with Crippen LogP contribution in [0.1, 0.15) is 23.2 Å². The van der Waals surface area contributed by atoms with E-state index in [1.807, 2.05) is 0 Å². The molecule has 0 spiro atoms. The van der Waals surface area contributed by atoms with E-state index in [2.05, 4.69) is 16.0 Å². The van der Waals surface area contributed by atoms with E-state index in [4.69, 9.17) is 23.2 Å². The molecule has 4 N–H and O–H groups in total. The number of benzene rings is 1. The van der Waals surface area contributed by atoms with E-state index < -0.39 is 5.91 Å². The van der Waals surface area contributed by atoms with Gasteiger partial charge in [0.2, 0.25) is 0 Å². The van der Waals surface area contributed by atoms with Gasteiger partial charge in [-0.25, -0.2) is 4.79 Å². The summed E-state index contributed by atoms with van der Waals surface area (Å²) >= 11 is 11.7. The minimum Gasteiger partial charge on any atom is -0.506 e. The Kier molecular flexibility index (Phi) is 5.56. The molecule has 25 heavy (non-hydrogen) atoms. The zero-order chi connectivity index (χ0) is 18.0. The summed E-state index contributed by atoms with van der Waals surface area (Å²) < 4.78 is 0. The lowest BCUT2D eigenvalue weighted by Crippen LogP contribution is -2.60. The Morgan fingerprint density at radius 2 is 1.80 bits per heavy atom. The van der Waals surface area contributed by atoms with Crippen molar-refractivity contribution in [2.75, 3.05) is 26.2 Å². The van der Waals surface area contributed by atoms with Crippen LogP contribution in [-0.4, -0.2) is 60.2 Å². The van der Waals surface area contributed by atoms with Gasteiger partial charge >= 0.3 is 6.03 Å². The van der Waals surface area contributed by atoms with Crippen molar-refractivity contribution < 1.29 is 14.7 Å². The Morgan fingerprint density at radius 3 is 2.40 bits per heavy atom. The van der Waals surface area contributed by atoms with Crippen LogP contribution in [0.25, 0.3) is 0 Å². The van der Waals surface area contributed by atoms with Gasteiger partial charge in [-0.2, -0.15) is 0 Å². The Balaban J connectivity index is 1.52. The zero-order valence-corrected chi connectivity index (χ0v) is 15.0. The average molecular weight is 387 g/mol. The van der Waals surface area contributed by atoms with E-state index in [9.17, 15) is 14.7 Å². The third kappa shape index (κ3) is 4.29. The SMILES string of the molecule is O=C(NC1CCN(C(=O)NC2CNC2)CC1)c1cc(Cl)cc(Cl)c1O. The van der Waals surface area contributed by atoms with Crippen LogP contribution in [0.5, 0.6) is 5.75 Å². The third-order valence-corrected chi connectivity index (χ3v) is 5.01. The van der Waals surface area contributed by atoms with Crippen LogP contribution in [-0.2, 0) is 0 Å². The van der Waals surface area contributed by atoms with Gasteiger partial charge < -0.3 is 26.0 Å². The van der Waals surface area contributed by atoms with E-state index in [1.165, 1.54) is 12.1 Å². The second kappa shape index (κ2) is 7.68. The van der Waals surface area contributed by atoms with Gasteiger partial charge in [0.05, 0.1) is 16.6 Å². The number of nitrogens with zero attached hydrogens (tertiary/aromatic N) is 1. The second-order valence-electron chi connectivity index (χ2n) is 6.32. The number of rotatable bonds is 3. The number of phenols is 1. The molecule has 7 nitrogen and oxygen atoms in total. The maximum absolute atomic E-state index is 12.4. The lowest BCUT2D eigenvalue weighted by atomic mass is 10.0. The molecule has 0 saturated carbocycles. The van der Waals surface area contributed by atoms with Crippen LogP contribution in [0, 0.1) is 0 Å². The summed E-state index contributed by atoms with van der Waals surface area (Å²) in [6.45, 7) is 2.76. The Bertz CT molecular complexity index is 674. The first-order valence-corrected chi connectivity index (χ1v) is 8.94. The molecule has 1 aromatic rings. The fourth-order valence-corrected chi connectivity index (χ4v) is 3.38. The third-order valence-electron chi connectivity index (χ3n) is 4.50. The summed E-state index contributed by atoms with van der Waals surface area (Å²) in [6.07, 6.45) is 1.30. The first-order valence-electron chi connectivity index (χ1n) is 8.19. The van der Waals surface area contributed by atoms with Gasteiger partial charge in [-0.05, 0) is 25.0 Å². The molecule has 2 saturated heterocycles. The standard InChI is InChI=1S/C16H20Cl2N4O3/c17-9-5-12(14(23)13(18)6-9)15(24)20-10-1-3-22(4-2-10)16(25)21-11-7-19-8-11/h5-6,10-11,19,23H,1-4,7-8H2,(H,20,24)(H,21,25). The molecule has 2 aliphatic heterocycles. The Morgan fingerprint density at radius 1 is 1.12 bits per heavy atom. The van der Waals surface area contributed by atoms with Crippen molar-refractivity contribution in [3.8, 4) is 5.75 Å². The molecule has 0 bridgehead atoms. The molecule has 2 aliphatic rings. The quantitative estimate of drug-likeness (QED) is 0.634. The topological polar surface area (TPSA) is 93.7 Å². The molecule has 0 aliphatic carbocycles. The molecule has 0 atom stereocenters. The highest BCUT2D eigenvalue weighted by Gasteiger charge is 2.27. The van der Waals surface area contributed by atoms with Gasteiger partial charge in [-0.15, -0.1) is 0 Å². The molecule has 0 radical (unpaired) electrons. The number of hydrogen-bond donors (Lipinski definition) is 4. The molecule has 3 rings (SSSR count). The molecule has 0 unspecified atom stereocenters. The molecular weight excluding hydrogens is 367 g/mol. The van der Waals surface area contributed by atoms with Crippen LogP contribution in [0.2, 0.25) is 10.0 Å². The van der Waals surface area contributed by atoms with Crippen LogP contribution >= 0.6 is 23.2 Å². The van der Waals surface area contributed by atoms with Crippen molar-refractivity contribution in [2.24, 2.45) is 0 Å². The first kappa shape index (κ1) is 18.1. The molecule has 1 aromatic carbocycles. The Hall–Kier alpha value is -1.70. The predicted molar refractivity (Wildman–Crippen MR) is 95.4 cm³/mol. The smallest absolute Gasteiger partial charge is 0.317 e. The van der Waals surface area contributed by atoms with Gasteiger partial charge in [-0.3, -0.25) is 4.79 Å². The van der Waals surface area contributed by atoms with E-state index in [-0.39, 0.29) is 39.5 Å². The summed E-state index contributed by atoms with van der Waals surface area (Å²) in [4.78, 5) is 26.2. The first-order chi connectivity index (χ1) is 11.9. The number of piperidine rings is 1. The summed E-state index contributed by atoms with van der Waals surface area (Å²) in [6, 6.07) is 2.84. The van der Waals surface area contributed by atoms with Crippen molar-refractivity contribution in [2.45, 2.75) is 24.9 Å². The van der Waals surface area contributed by atoms with Crippen LogP contribution in [0.4, 0.5) is 4.79 Å². The molecular formula is C16H20Cl2N4O3. The largest absolute Gasteiger partial charge is 0.506 e. The number of hydrogen-bond acceptors (Lipinski definition) is 4.